The molecule has 1 aliphatic carbocycles. The fraction of sp³-hybridized carbons (Fsp3) is 0.435. The SMILES string of the molecule is CC(CN)CC1CCC(C)C1Sc1cc(C(=O)Nc2cc(F)c(F)c(F)c2)ccc1Cl. The van der Waals surface area contributed by atoms with Crippen LogP contribution in [0.15, 0.2) is 35.2 Å². The number of amides is 1. The van der Waals surface area contributed by atoms with Crippen LogP contribution in [-0.2, 0) is 0 Å². The molecular formula is C23H26ClF3N2OS. The Morgan fingerprint density at radius 2 is 1.90 bits per heavy atom. The quantitative estimate of drug-likeness (QED) is 0.454. The topological polar surface area (TPSA) is 55.1 Å². The Bertz CT molecular complexity index is 935. The number of carbonyl (C=O) groups is 1. The van der Waals surface area contributed by atoms with Gasteiger partial charge in [-0.15, -0.1) is 11.8 Å². The summed E-state index contributed by atoms with van der Waals surface area (Å²) in [5.74, 6) is -3.38. The van der Waals surface area contributed by atoms with Crippen molar-refractivity contribution in [1.29, 1.82) is 0 Å². The first-order valence-corrected chi connectivity index (χ1v) is 11.6. The van der Waals surface area contributed by atoms with Gasteiger partial charge in [-0.05, 0) is 61.8 Å². The lowest BCUT2D eigenvalue weighted by molar-refractivity contribution is 0.102. The molecule has 0 saturated heterocycles. The molecule has 168 valence electrons. The molecule has 4 atom stereocenters. The van der Waals surface area contributed by atoms with Crippen molar-refractivity contribution < 1.29 is 18.0 Å². The minimum Gasteiger partial charge on any atom is -0.330 e. The fourth-order valence-corrected chi connectivity index (χ4v) is 5.79. The van der Waals surface area contributed by atoms with E-state index in [4.69, 9.17) is 17.3 Å². The average molecular weight is 471 g/mol. The third kappa shape index (κ3) is 5.76. The minimum absolute atomic E-state index is 0.161. The molecule has 0 aliphatic heterocycles. The van der Waals surface area contributed by atoms with E-state index in [2.05, 4.69) is 19.2 Å². The van der Waals surface area contributed by atoms with E-state index >= 15 is 0 Å². The number of rotatable bonds is 7. The highest BCUT2D eigenvalue weighted by atomic mass is 35.5. The second kappa shape index (κ2) is 10.3. The molecule has 2 aromatic rings. The molecule has 4 unspecified atom stereocenters. The summed E-state index contributed by atoms with van der Waals surface area (Å²) in [6.45, 7) is 5.04. The predicted octanol–water partition coefficient (Wildman–Crippen LogP) is 6.50. The Kier molecular flexibility index (Phi) is 7.94. The molecule has 3 nitrogen and oxygen atoms in total. The fourth-order valence-electron chi connectivity index (χ4n) is 4.06. The first-order valence-electron chi connectivity index (χ1n) is 10.3. The second-order valence-electron chi connectivity index (χ2n) is 8.33. The van der Waals surface area contributed by atoms with Crippen LogP contribution in [0, 0.1) is 35.2 Å². The van der Waals surface area contributed by atoms with Gasteiger partial charge >= 0.3 is 0 Å². The van der Waals surface area contributed by atoms with Crippen LogP contribution >= 0.6 is 23.4 Å². The number of anilines is 1. The molecule has 8 heteroatoms. The summed E-state index contributed by atoms with van der Waals surface area (Å²) in [5, 5.41) is 3.32. The van der Waals surface area contributed by atoms with Gasteiger partial charge < -0.3 is 11.1 Å². The van der Waals surface area contributed by atoms with Crippen LogP contribution in [0.4, 0.5) is 18.9 Å². The normalized spacial score (nSPS) is 21.8. The number of nitrogens with one attached hydrogen (secondary N) is 1. The number of thioether (sulfide) groups is 1. The molecule has 1 fully saturated rings. The van der Waals surface area contributed by atoms with Crippen molar-refractivity contribution in [1.82, 2.24) is 0 Å². The van der Waals surface area contributed by atoms with Crippen LogP contribution in [0.1, 0.15) is 43.5 Å². The Morgan fingerprint density at radius 1 is 1.23 bits per heavy atom. The summed E-state index contributed by atoms with van der Waals surface area (Å²) < 4.78 is 40.0. The van der Waals surface area contributed by atoms with E-state index in [1.165, 1.54) is 0 Å². The summed E-state index contributed by atoms with van der Waals surface area (Å²) >= 11 is 8.08. The summed E-state index contributed by atoms with van der Waals surface area (Å²) in [6.07, 6.45) is 3.33. The van der Waals surface area contributed by atoms with Crippen molar-refractivity contribution in [2.45, 2.75) is 43.3 Å². The van der Waals surface area contributed by atoms with E-state index in [1.807, 2.05) is 0 Å². The lowest BCUT2D eigenvalue weighted by Gasteiger charge is -2.25. The number of hydrogen-bond acceptors (Lipinski definition) is 3. The van der Waals surface area contributed by atoms with Gasteiger partial charge in [0.15, 0.2) is 17.5 Å². The second-order valence-corrected chi connectivity index (χ2v) is 9.95. The third-order valence-corrected chi connectivity index (χ3v) is 7.98. The molecular weight excluding hydrogens is 445 g/mol. The molecule has 0 heterocycles. The first-order chi connectivity index (χ1) is 14.7. The molecule has 1 amide bonds. The lowest BCUT2D eigenvalue weighted by Crippen LogP contribution is -2.21. The lowest BCUT2D eigenvalue weighted by atomic mass is 9.93. The molecule has 1 saturated carbocycles. The van der Waals surface area contributed by atoms with Crippen molar-refractivity contribution in [3.05, 3.63) is 58.4 Å². The maximum absolute atomic E-state index is 13.4. The Labute approximate surface area is 189 Å². The van der Waals surface area contributed by atoms with Gasteiger partial charge in [0.1, 0.15) is 0 Å². The number of carbonyl (C=O) groups excluding carboxylic acids is 1. The molecule has 0 spiro atoms. The largest absolute Gasteiger partial charge is 0.330 e. The van der Waals surface area contributed by atoms with Crippen molar-refractivity contribution in [3.8, 4) is 0 Å². The van der Waals surface area contributed by atoms with E-state index < -0.39 is 23.4 Å². The van der Waals surface area contributed by atoms with Crippen LogP contribution in [0.2, 0.25) is 5.02 Å². The number of hydrogen-bond donors (Lipinski definition) is 2. The highest BCUT2D eigenvalue weighted by Crippen LogP contribution is 2.46. The summed E-state index contributed by atoms with van der Waals surface area (Å²) in [6, 6.07) is 6.36. The predicted molar refractivity (Wildman–Crippen MR) is 120 cm³/mol. The van der Waals surface area contributed by atoms with Crippen molar-refractivity contribution in [3.63, 3.8) is 0 Å². The summed E-state index contributed by atoms with van der Waals surface area (Å²) in [7, 11) is 0. The van der Waals surface area contributed by atoms with Crippen molar-refractivity contribution in [2.75, 3.05) is 11.9 Å². The number of halogens is 4. The highest BCUT2D eigenvalue weighted by molar-refractivity contribution is 8.00. The van der Waals surface area contributed by atoms with E-state index in [0.717, 1.165) is 36.3 Å². The highest BCUT2D eigenvalue weighted by Gasteiger charge is 2.35. The maximum atomic E-state index is 13.4. The molecule has 31 heavy (non-hydrogen) atoms. The van der Waals surface area contributed by atoms with Gasteiger partial charge in [0.05, 0.1) is 5.02 Å². The zero-order valence-electron chi connectivity index (χ0n) is 17.4. The maximum Gasteiger partial charge on any atom is 0.255 e. The van der Waals surface area contributed by atoms with E-state index in [-0.39, 0.29) is 5.69 Å². The van der Waals surface area contributed by atoms with Crippen LogP contribution < -0.4 is 11.1 Å². The van der Waals surface area contributed by atoms with Gasteiger partial charge in [-0.1, -0.05) is 25.4 Å². The minimum atomic E-state index is -1.58. The zero-order chi connectivity index (χ0) is 22.7. The Balaban J connectivity index is 1.77. The monoisotopic (exact) mass is 470 g/mol. The van der Waals surface area contributed by atoms with Gasteiger partial charge in [0.25, 0.3) is 5.91 Å². The van der Waals surface area contributed by atoms with E-state index in [0.29, 0.717) is 40.1 Å². The van der Waals surface area contributed by atoms with Gasteiger partial charge in [0, 0.05) is 33.5 Å². The van der Waals surface area contributed by atoms with Crippen molar-refractivity contribution in [2.24, 2.45) is 23.5 Å². The van der Waals surface area contributed by atoms with E-state index in [1.54, 1.807) is 30.0 Å². The molecule has 0 aromatic heterocycles. The smallest absolute Gasteiger partial charge is 0.255 e. The van der Waals surface area contributed by atoms with Crippen LogP contribution in [0.25, 0.3) is 0 Å². The van der Waals surface area contributed by atoms with Crippen molar-refractivity contribution >= 4 is 35.0 Å². The molecule has 3 rings (SSSR count). The molecule has 0 radical (unpaired) electrons. The van der Waals surface area contributed by atoms with Gasteiger partial charge in [-0.3, -0.25) is 4.79 Å². The number of benzene rings is 2. The van der Waals surface area contributed by atoms with Crippen LogP contribution in [0.5, 0.6) is 0 Å². The summed E-state index contributed by atoms with van der Waals surface area (Å²) in [4.78, 5) is 13.4. The van der Waals surface area contributed by atoms with Crippen LogP contribution in [-0.4, -0.2) is 17.7 Å². The van der Waals surface area contributed by atoms with Gasteiger partial charge in [-0.2, -0.15) is 0 Å². The van der Waals surface area contributed by atoms with E-state index in [9.17, 15) is 18.0 Å². The molecule has 1 aliphatic rings. The average Bonchev–Trinajstić information content (AvgIpc) is 3.06. The molecule has 2 aromatic carbocycles. The third-order valence-electron chi connectivity index (χ3n) is 5.82. The number of nitrogens with two attached hydrogens (primary N) is 1. The summed E-state index contributed by atoms with van der Waals surface area (Å²) in [5.41, 5.74) is 5.95. The van der Waals surface area contributed by atoms with Gasteiger partial charge in [-0.25, -0.2) is 13.2 Å². The zero-order valence-corrected chi connectivity index (χ0v) is 19.0. The Morgan fingerprint density at radius 3 is 2.55 bits per heavy atom. The molecule has 3 N–H and O–H groups in total. The van der Waals surface area contributed by atoms with Crippen LogP contribution in [0.3, 0.4) is 0 Å². The van der Waals surface area contributed by atoms with Gasteiger partial charge in [0.2, 0.25) is 0 Å². The molecule has 0 bridgehead atoms. The first kappa shape index (κ1) is 24.0. The Hall–Kier alpha value is -1.70. The standard InChI is InChI=1S/C23H26ClF3N2OS/c1-12(11-28)7-14-4-3-13(2)22(14)31-20-8-15(5-6-17(20)24)23(30)29-16-9-18(25)21(27)19(26)10-16/h5-6,8-10,12-14,22H,3-4,7,11,28H2,1-2H3,(H,29,30).